The predicted molar refractivity (Wildman–Crippen MR) is 70.4 cm³/mol. The van der Waals surface area contributed by atoms with Crippen LogP contribution in [0.25, 0.3) is 0 Å². The molecule has 2 unspecified atom stereocenters. The van der Waals surface area contributed by atoms with Gasteiger partial charge in [-0.2, -0.15) is 0 Å². The Balaban J connectivity index is 1.87. The van der Waals surface area contributed by atoms with Crippen molar-refractivity contribution in [1.29, 1.82) is 0 Å². The van der Waals surface area contributed by atoms with Crippen molar-refractivity contribution in [1.82, 2.24) is 15.1 Å². The number of nitrogens with one attached hydrogen (secondary N) is 1. The maximum absolute atomic E-state index is 12.4. The van der Waals surface area contributed by atoms with E-state index in [9.17, 15) is 4.79 Å². The van der Waals surface area contributed by atoms with E-state index in [0.717, 1.165) is 25.9 Å². The van der Waals surface area contributed by atoms with E-state index >= 15 is 0 Å². The predicted octanol–water partition coefficient (Wildman–Crippen LogP) is -0.227. The molecule has 0 aromatic rings. The van der Waals surface area contributed by atoms with Crippen LogP contribution in [0.4, 0.5) is 0 Å². The van der Waals surface area contributed by atoms with Crippen LogP contribution >= 0.6 is 0 Å². The molecule has 2 rings (SSSR count). The molecule has 104 valence electrons. The van der Waals surface area contributed by atoms with Crippen LogP contribution in [-0.4, -0.2) is 75.2 Å². The molecule has 0 aliphatic carbocycles. The summed E-state index contributed by atoms with van der Waals surface area (Å²) in [7, 11) is 6.13. The normalized spacial score (nSPS) is 30.1. The van der Waals surface area contributed by atoms with Crippen molar-refractivity contribution in [3.8, 4) is 0 Å². The van der Waals surface area contributed by atoms with Gasteiger partial charge in [-0.3, -0.25) is 4.79 Å². The van der Waals surface area contributed by atoms with E-state index < -0.39 is 0 Å². The number of likely N-dealkylation sites (tertiary alicyclic amines) is 1. The quantitative estimate of drug-likeness (QED) is 0.757. The second kappa shape index (κ2) is 5.99. The van der Waals surface area contributed by atoms with Crippen molar-refractivity contribution in [2.45, 2.75) is 24.9 Å². The summed E-state index contributed by atoms with van der Waals surface area (Å²) < 4.78 is 5.41. The van der Waals surface area contributed by atoms with Gasteiger partial charge in [-0.15, -0.1) is 0 Å². The highest BCUT2D eigenvalue weighted by Gasteiger charge is 2.36. The summed E-state index contributed by atoms with van der Waals surface area (Å²) >= 11 is 0. The summed E-state index contributed by atoms with van der Waals surface area (Å²) in [5.74, 6) is 0.273. The molecule has 0 bridgehead atoms. The molecule has 2 aliphatic rings. The van der Waals surface area contributed by atoms with Crippen molar-refractivity contribution < 1.29 is 9.53 Å². The first kappa shape index (κ1) is 13.8. The van der Waals surface area contributed by atoms with E-state index in [1.54, 1.807) is 0 Å². The van der Waals surface area contributed by atoms with Crippen molar-refractivity contribution in [3.63, 3.8) is 0 Å². The van der Waals surface area contributed by atoms with Crippen LogP contribution < -0.4 is 5.32 Å². The Morgan fingerprint density at radius 3 is 2.50 bits per heavy atom. The van der Waals surface area contributed by atoms with Gasteiger partial charge in [0.2, 0.25) is 5.91 Å². The van der Waals surface area contributed by atoms with Gasteiger partial charge < -0.3 is 19.9 Å². The Bertz CT molecular complexity index is 288. The fourth-order valence-electron chi connectivity index (χ4n) is 2.92. The minimum absolute atomic E-state index is 0.00547. The van der Waals surface area contributed by atoms with Gasteiger partial charge in [0.1, 0.15) is 0 Å². The third kappa shape index (κ3) is 2.84. The monoisotopic (exact) mass is 255 g/mol. The number of hydrogen-bond donors (Lipinski definition) is 1. The number of rotatable bonds is 3. The first-order chi connectivity index (χ1) is 8.63. The molecular weight excluding hydrogens is 230 g/mol. The molecule has 0 aromatic heterocycles. The Morgan fingerprint density at radius 2 is 1.94 bits per heavy atom. The van der Waals surface area contributed by atoms with E-state index in [-0.39, 0.29) is 17.9 Å². The van der Waals surface area contributed by atoms with Crippen molar-refractivity contribution in [2.75, 3.05) is 47.4 Å². The van der Waals surface area contributed by atoms with E-state index in [1.165, 1.54) is 0 Å². The number of carbonyl (C=O) groups excluding carboxylic acids is 1. The molecule has 1 amide bonds. The molecule has 2 heterocycles. The van der Waals surface area contributed by atoms with Crippen LogP contribution in [0, 0.1) is 5.92 Å². The first-order valence-electron chi connectivity index (χ1n) is 6.83. The van der Waals surface area contributed by atoms with Crippen LogP contribution in [0.3, 0.4) is 0 Å². The van der Waals surface area contributed by atoms with Gasteiger partial charge in [0.25, 0.3) is 0 Å². The zero-order valence-electron chi connectivity index (χ0n) is 11.7. The zero-order chi connectivity index (χ0) is 13.1. The van der Waals surface area contributed by atoms with Gasteiger partial charge in [-0.1, -0.05) is 0 Å². The van der Waals surface area contributed by atoms with E-state index in [4.69, 9.17) is 4.74 Å². The summed E-state index contributed by atoms with van der Waals surface area (Å²) in [6.07, 6.45) is 2.16. The number of hydrogen-bond acceptors (Lipinski definition) is 4. The lowest BCUT2D eigenvalue weighted by Gasteiger charge is -2.36. The van der Waals surface area contributed by atoms with Crippen molar-refractivity contribution in [2.24, 2.45) is 5.92 Å². The van der Waals surface area contributed by atoms with Crippen LogP contribution in [0.15, 0.2) is 0 Å². The second-order valence-corrected chi connectivity index (χ2v) is 5.56. The molecule has 0 aromatic carbocycles. The van der Waals surface area contributed by atoms with Gasteiger partial charge in [-0.25, -0.2) is 0 Å². The lowest BCUT2D eigenvalue weighted by atomic mass is 9.98. The summed E-state index contributed by atoms with van der Waals surface area (Å²) in [5.41, 5.74) is 0. The van der Waals surface area contributed by atoms with Crippen LogP contribution in [0.5, 0.6) is 0 Å². The molecule has 2 fully saturated rings. The Morgan fingerprint density at radius 1 is 1.28 bits per heavy atom. The van der Waals surface area contributed by atoms with Gasteiger partial charge in [0, 0.05) is 25.2 Å². The number of carbonyl (C=O) groups is 1. The highest BCUT2D eigenvalue weighted by atomic mass is 16.5. The number of likely N-dealkylation sites (N-methyl/N-ethyl adjacent to an activating group) is 1. The maximum Gasteiger partial charge on any atom is 0.229 e. The molecule has 0 spiro atoms. The molecule has 0 radical (unpaired) electrons. The zero-order valence-corrected chi connectivity index (χ0v) is 11.7. The van der Waals surface area contributed by atoms with Crippen molar-refractivity contribution >= 4 is 5.91 Å². The molecule has 18 heavy (non-hydrogen) atoms. The Hall–Kier alpha value is -0.650. The van der Waals surface area contributed by atoms with Gasteiger partial charge in [0.05, 0.1) is 19.1 Å². The molecule has 5 nitrogen and oxygen atoms in total. The number of piperidine rings is 1. The topological polar surface area (TPSA) is 44.8 Å². The van der Waals surface area contributed by atoms with E-state index in [0.29, 0.717) is 19.3 Å². The molecule has 1 N–H and O–H groups in total. The fourth-order valence-corrected chi connectivity index (χ4v) is 2.92. The minimum Gasteiger partial charge on any atom is -0.379 e. The number of amides is 1. The smallest absolute Gasteiger partial charge is 0.229 e. The number of nitrogens with zero attached hydrogens (tertiary/aromatic N) is 2. The number of ether oxygens (including phenoxy) is 1. The molecule has 2 aliphatic heterocycles. The van der Waals surface area contributed by atoms with Gasteiger partial charge in [0.15, 0.2) is 0 Å². The summed E-state index contributed by atoms with van der Waals surface area (Å²) in [4.78, 5) is 16.7. The van der Waals surface area contributed by atoms with Crippen LogP contribution in [0.2, 0.25) is 0 Å². The SMILES string of the molecule is CNC1COCC1C(=O)N1CCC(N(C)C)CC1. The summed E-state index contributed by atoms with van der Waals surface area (Å²) in [6, 6.07) is 0.804. The standard InChI is InChI=1S/C13H25N3O2/c1-14-12-9-18-8-11(12)13(17)16-6-4-10(5-7-16)15(2)3/h10-12,14H,4-9H2,1-3H3. The Kier molecular flexibility index (Phi) is 4.59. The summed E-state index contributed by atoms with van der Waals surface area (Å²) in [6.45, 7) is 2.99. The third-order valence-corrected chi connectivity index (χ3v) is 4.27. The van der Waals surface area contributed by atoms with Crippen molar-refractivity contribution in [3.05, 3.63) is 0 Å². The molecular formula is C13H25N3O2. The lowest BCUT2D eigenvalue weighted by Crippen LogP contribution is -2.49. The van der Waals surface area contributed by atoms with Gasteiger partial charge >= 0.3 is 0 Å². The maximum atomic E-state index is 12.4. The van der Waals surface area contributed by atoms with Gasteiger partial charge in [-0.05, 0) is 34.0 Å². The molecule has 0 saturated carbocycles. The first-order valence-corrected chi connectivity index (χ1v) is 6.83. The highest BCUT2D eigenvalue weighted by molar-refractivity contribution is 5.80. The lowest BCUT2D eigenvalue weighted by molar-refractivity contribution is -0.137. The fraction of sp³-hybridized carbons (Fsp3) is 0.923. The average Bonchev–Trinajstić information content (AvgIpc) is 2.86. The largest absolute Gasteiger partial charge is 0.379 e. The van der Waals surface area contributed by atoms with E-state index in [2.05, 4.69) is 24.3 Å². The molecule has 2 saturated heterocycles. The molecule has 5 heteroatoms. The molecule has 2 atom stereocenters. The highest BCUT2D eigenvalue weighted by Crippen LogP contribution is 2.20. The summed E-state index contributed by atoms with van der Waals surface area (Å²) in [5, 5.41) is 3.18. The minimum atomic E-state index is 0.00547. The van der Waals surface area contributed by atoms with Crippen LogP contribution in [0.1, 0.15) is 12.8 Å². The average molecular weight is 255 g/mol. The van der Waals surface area contributed by atoms with E-state index in [1.807, 2.05) is 11.9 Å². The Labute approximate surface area is 109 Å². The van der Waals surface area contributed by atoms with Crippen LogP contribution in [-0.2, 0) is 9.53 Å². The second-order valence-electron chi connectivity index (χ2n) is 5.56. The third-order valence-electron chi connectivity index (χ3n) is 4.27.